The molecule has 0 heterocycles. The lowest BCUT2D eigenvalue weighted by atomic mass is 10.1. The maximum Gasteiger partial charge on any atom is 0.417 e. The van der Waals surface area contributed by atoms with E-state index >= 15 is 0 Å². The first-order valence-electron chi connectivity index (χ1n) is 5.68. The summed E-state index contributed by atoms with van der Waals surface area (Å²) in [6.45, 7) is 1.47. The maximum atomic E-state index is 12.8. The van der Waals surface area contributed by atoms with Gasteiger partial charge in [-0.2, -0.15) is 23.7 Å². The van der Waals surface area contributed by atoms with Gasteiger partial charge in [-0.05, 0) is 24.6 Å². The lowest BCUT2D eigenvalue weighted by Gasteiger charge is -2.14. The second-order valence-corrected chi connectivity index (χ2v) is 5.91. The zero-order valence-corrected chi connectivity index (χ0v) is 11.6. The monoisotopic (exact) mass is 317 g/mol. The highest BCUT2D eigenvalue weighted by Crippen LogP contribution is 2.33. The van der Waals surface area contributed by atoms with E-state index in [1.54, 1.807) is 6.07 Å². The summed E-state index contributed by atoms with van der Waals surface area (Å²) in [5.74, 6) is 0. The van der Waals surface area contributed by atoms with Crippen LogP contribution in [0.1, 0.15) is 24.5 Å². The summed E-state index contributed by atoms with van der Waals surface area (Å²) in [4.78, 5) is 0. The van der Waals surface area contributed by atoms with E-state index in [4.69, 9.17) is 10.5 Å². The van der Waals surface area contributed by atoms with Gasteiger partial charge >= 0.3 is 6.18 Å². The van der Waals surface area contributed by atoms with Gasteiger partial charge in [-0.15, -0.1) is 0 Å². The molecule has 9 heteroatoms. The number of rotatable bonds is 4. The predicted molar refractivity (Wildman–Crippen MR) is 68.4 cm³/mol. The average molecular weight is 317 g/mol. The van der Waals surface area contributed by atoms with Crippen LogP contribution in [0.15, 0.2) is 18.2 Å². The van der Waals surface area contributed by atoms with E-state index in [9.17, 15) is 21.6 Å². The van der Waals surface area contributed by atoms with Crippen LogP contribution in [0.5, 0.6) is 0 Å². The molecular formula is C12H10F3N3O2S. The SMILES string of the molecule is CCC(C#N)S(=O)(=O)Nc1ccc(C#N)c(C(F)(F)F)c1. The standard InChI is InChI=1S/C12H10F3N3O2S/c1-2-10(7-17)21(19,20)18-9-4-3-8(6-16)11(5-9)12(13,14)15/h3-5,10,18H,2H2,1H3. The van der Waals surface area contributed by atoms with Crippen molar-refractivity contribution in [1.29, 1.82) is 10.5 Å². The van der Waals surface area contributed by atoms with Crippen LogP contribution < -0.4 is 4.72 Å². The van der Waals surface area contributed by atoms with Crippen molar-refractivity contribution in [2.24, 2.45) is 0 Å². The molecule has 0 aromatic heterocycles. The third kappa shape index (κ3) is 3.86. The Morgan fingerprint density at radius 3 is 2.38 bits per heavy atom. The molecule has 0 amide bonds. The van der Waals surface area contributed by atoms with Crippen LogP contribution in [-0.2, 0) is 16.2 Å². The van der Waals surface area contributed by atoms with Crippen LogP contribution in [0, 0.1) is 22.7 Å². The van der Waals surface area contributed by atoms with Gasteiger partial charge in [0.1, 0.15) is 0 Å². The minimum absolute atomic E-state index is 0.00571. The molecule has 0 bridgehead atoms. The van der Waals surface area contributed by atoms with E-state index in [2.05, 4.69) is 0 Å². The van der Waals surface area contributed by atoms with Crippen LogP contribution in [0.4, 0.5) is 18.9 Å². The number of anilines is 1. The van der Waals surface area contributed by atoms with Gasteiger partial charge in [0.25, 0.3) is 0 Å². The Hall–Kier alpha value is -2.26. The molecule has 0 saturated carbocycles. The summed E-state index contributed by atoms with van der Waals surface area (Å²) >= 11 is 0. The van der Waals surface area contributed by atoms with E-state index < -0.39 is 32.6 Å². The van der Waals surface area contributed by atoms with Crippen molar-refractivity contribution in [3.8, 4) is 12.1 Å². The summed E-state index contributed by atoms with van der Waals surface area (Å²) in [6.07, 6.45) is -4.79. The number of sulfonamides is 1. The Bertz CT molecular complexity index is 715. The second kappa shape index (κ2) is 6.02. The molecule has 0 radical (unpaired) electrons. The summed E-state index contributed by atoms with van der Waals surface area (Å²) < 4.78 is 63.8. The fraction of sp³-hybridized carbons (Fsp3) is 0.333. The minimum atomic E-state index is -4.79. The van der Waals surface area contributed by atoms with Gasteiger partial charge in [-0.1, -0.05) is 6.92 Å². The number of nitrogens with one attached hydrogen (secondary N) is 1. The number of benzene rings is 1. The quantitative estimate of drug-likeness (QED) is 0.923. The van der Waals surface area contributed by atoms with Crippen molar-refractivity contribution in [1.82, 2.24) is 0 Å². The van der Waals surface area contributed by atoms with Gasteiger partial charge in [0.2, 0.25) is 10.0 Å². The third-order valence-corrected chi connectivity index (χ3v) is 4.30. The van der Waals surface area contributed by atoms with Crippen LogP contribution in [0.3, 0.4) is 0 Å². The van der Waals surface area contributed by atoms with Crippen LogP contribution >= 0.6 is 0 Å². The molecule has 5 nitrogen and oxygen atoms in total. The summed E-state index contributed by atoms with van der Waals surface area (Å²) in [6, 6.07) is 5.38. The number of halogens is 3. The topological polar surface area (TPSA) is 93.8 Å². The molecule has 0 spiro atoms. The zero-order chi connectivity index (χ0) is 16.3. The Kier molecular flexibility index (Phi) is 4.81. The van der Waals surface area contributed by atoms with E-state index in [1.807, 2.05) is 4.72 Å². The molecule has 1 rings (SSSR count). The molecule has 112 valence electrons. The van der Waals surface area contributed by atoms with Crippen molar-refractivity contribution >= 4 is 15.7 Å². The Morgan fingerprint density at radius 1 is 1.33 bits per heavy atom. The predicted octanol–water partition coefficient (Wildman–Crippen LogP) is 2.62. The van der Waals surface area contributed by atoms with Gasteiger partial charge in [-0.25, -0.2) is 8.42 Å². The highest BCUT2D eigenvalue weighted by atomic mass is 32.2. The highest BCUT2D eigenvalue weighted by Gasteiger charge is 2.34. The van der Waals surface area contributed by atoms with E-state index in [-0.39, 0.29) is 12.1 Å². The van der Waals surface area contributed by atoms with Gasteiger partial charge < -0.3 is 0 Å². The van der Waals surface area contributed by atoms with Gasteiger partial charge in [-0.3, -0.25) is 4.72 Å². The number of alkyl halides is 3. The smallest absolute Gasteiger partial charge is 0.282 e. The average Bonchev–Trinajstić information content (AvgIpc) is 2.38. The van der Waals surface area contributed by atoms with Gasteiger partial charge in [0.15, 0.2) is 5.25 Å². The minimum Gasteiger partial charge on any atom is -0.282 e. The van der Waals surface area contributed by atoms with Crippen molar-refractivity contribution < 1.29 is 21.6 Å². The molecular weight excluding hydrogens is 307 g/mol. The Balaban J connectivity index is 3.25. The Morgan fingerprint density at radius 2 is 1.95 bits per heavy atom. The molecule has 0 fully saturated rings. The fourth-order valence-corrected chi connectivity index (χ4v) is 2.73. The molecule has 0 aliphatic carbocycles. The van der Waals surface area contributed by atoms with Crippen molar-refractivity contribution in [2.45, 2.75) is 24.8 Å². The first-order chi connectivity index (χ1) is 9.65. The van der Waals surface area contributed by atoms with Gasteiger partial charge in [0, 0.05) is 5.69 Å². The number of hydrogen-bond acceptors (Lipinski definition) is 4. The first kappa shape index (κ1) is 16.8. The molecule has 21 heavy (non-hydrogen) atoms. The van der Waals surface area contributed by atoms with E-state index in [1.165, 1.54) is 13.0 Å². The fourth-order valence-electron chi connectivity index (χ4n) is 1.56. The number of nitrogens with zero attached hydrogens (tertiary/aromatic N) is 2. The normalized spacial score (nSPS) is 13.0. The van der Waals surface area contributed by atoms with Crippen molar-refractivity contribution in [2.75, 3.05) is 4.72 Å². The lowest BCUT2D eigenvalue weighted by molar-refractivity contribution is -0.137. The second-order valence-electron chi connectivity index (χ2n) is 4.04. The maximum absolute atomic E-state index is 12.8. The van der Waals surface area contributed by atoms with Crippen molar-refractivity contribution in [3.05, 3.63) is 29.3 Å². The third-order valence-electron chi connectivity index (χ3n) is 2.59. The van der Waals surface area contributed by atoms with E-state index in [0.29, 0.717) is 6.07 Å². The molecule has 1 unspecified atom stereocenters. The van der Waals surface area contributed by atoms with Crippen molar-refractivity contribution in [3.63, 3.8) is 0 Å². The largest absolute Gasteiger partial charge is 0.417 e. The molecule has 0 aliphatic heterocycles. The first-order valence-corrected chi connectivity index (χ1v) is 7.23. The zero-order valence-electron chi connectivity index (χ0n) is 10.8. The molecule has 1 aromatic carbocycles. The van der Waals surface area contributed by atoms with Crippen LogP contribution in [0.2, 0.25) is 0 Å². The van der Waals surface area contributed by atoms with Crippen LogP contribution in [0.25, 0.3) is 0 Å². The summed E-state index contributed by atoms with van der Waals surface area (Å²) in [5.41, 5.74) is -2.21. The highest BCUT2D eigenvalue weighted by molar-refractivity contribution is 7.93. The molecule has 1 atom stereocenters. The lowest BCUT2D eigenvalue weighted by Crippen LogP contribution is -2.26. The van der Waals surface area contributed by atoms with E-state index in [0.717, 1.165) is 12.1 Å². The summed E-state index contributed by atoms with van der Waals surface area (Å²) in [7, 11) is -4.12. The molecule has 0 aliphatic rings. The van der Waals surface area contributed by atoms with Crippen LogP contribution in [-0.4, -0.2) is 13.7 Å². The number of nitriles is 2. The Labute approximate surface area is 119 Å². The molecule has 1 N–H and O–H groups in total. The summed E-state index contributed by atoms with van der Waals surface area (Å²) in [5, 5.41) is 16.0. The molecule has 0 saturated heterocycles. The van der Waals surface area contributed by atoms with Gasteiger partial charge in [0.05, 0.1) is 23.3 Å². The molecule has 1 aromatic rings. The number of hydrogen-bond donors (Lipinski definition) is 1.